The number of carbonyl (C=O) groups excluding carboxylic acids is 1. The van der Waals surface area contributed by atoms with E-state index >= 15 is 0 Å². The Kier molecular flexibility index (Phi) is 8.92. The molecule has 12 nitrogen and oxygen atoms in total. The van der Waals surface area contributed by atoms with Gasteiger partial charge in [-0.1, -0.05) is 49.4 Å². The normalized spacial score (nSPS) is 11.5. The van der Waals surface area contributed by atoms with E-state index in [-0.39, 0.29) is 24.3 Å². The summed E-state index contributed by atoms with van der Waals surface area (Å²) in [5.74, 6) is -1.41. The molecule has 1 atom stereocenters. The van der Waals surface area contributed by atoms with Crippen molar-refractivity contribution >= 4 is 17.7 Å². The fourth-order valence-corrected chi connectivity index (χ4v) is 4.39. The summed E-state index contributed by atoms with van der Waals surface area (Å²) in [4.78, 5) is 50.8. The lowest BCUT2D eigenvalue weighted by Crippen LogP contribution is -2.47. The highest BCUT2D eigenvalue weighted by atomic mass is 16.4. The van der Waals surface area contributed by atoms with Crippen molar-refractivity contribution in [1.29, 1.82) is 0 Å². The number of nitrogens with zero attached hydrogens (tertiary/aromatic N) is 2. The summed E-state index contributed by atoms with van der Waals surface area (Å²) >= 11 is 0. The number of amides is 1. The van der Waals surface area contributed by atoms with Gasteiger partial charge in [-0.3, -0.25) is 9.59 Å². The number of carbonyl (C=O) groups is 2. The van der Waals surface area contributed by atoms with Crippen LogP contribution < -0.4 is 38.5 Å². The second-order valence-corrected chi connectivity index (χ2v) is 8.45. The zero-order chi connectivity index (χ0) is 28.0. The number of anilines is 1. The Labute approximate surface area is 219 Å². The van der Waals surface area contributed by atoms with E-state index in [2.05, 4.69) is 21.5 Å². The van der Waals surface area contributed by atoms with Crippen LogP contribution in [0.1, 0.15) is 34.0 Å². The van der Waals surface area contributed by atoms with Crippen LogP contribution in [0.4, 0.5) is 5.82 Å². The maximum Gasteiger partial charge on any atom is 0.370 e. The molecule has 0 fully saturated rings. The van der Waals surface area contributed by atoms with Crippen LogP contribution >= 0.6 is 0 Å². The second kappa shape index (κ2) is 12.1. The molecule has 2 aromatic carbocycles. The van der Waals surface area contributed by atoms with Crippen molar-refractivity contribution in [3.05, 3.63) is 85.6 Å². The van der Waals surface area contributed by atoms with E-state index < -0.39 is 29.2 Å². The average Bonchev–Trinajstić information content (AvgIpc) is 2.92. The van der Waals surface area contributed by atoms with Crippen molar-refractivity contribution in [2.75, 3.05) is 37.3 Å². The summed E-state index contributed by atoms with van der Waals surface area (Å²) in [6.45, 7) is 2.07. The fraction of sp³-hybridized carbons (Fsp3) is 0.308. The summed E-state index contributed by atoms with van der Waals surface area (Å²) in [5.41, 5.74) is 13.2. The van der Waals surface area contributed by atoms with Gasteiger partial charge in [-0.05, 0) is 28.7 Å². The number of carboxylic acids is 1. The van der Waals surface area contributed by atoms with Gasteiger partial charge in [-0.25, -0.2) is 9.59 Å². The van der Waals surface area contributed by atoms with E-state index in [1.807, 2.05) is 19.1 Å². The lowest BCUT2D eigenvalue weighted by Gasteiger charge is -2.19. The number of aliphatic carboxylic acids is 1. The monoisotopic (exact) mass is 523 g/mol. The molecule has 0 aliphatic rings. The van der Waals surface area contributed by atoms with Gasteiger partial charge >= 0.3 is 11.7 Å². The second-order valence-electron chi connectivity index (χ2n) is 8.45. The van der Waals surface area contributed by atoms with Crippen molar-refractivity contribution in [3.63, 3.8) is 0 Å². The summed E-state index contributed by atoms with van der Waals surface area (Å²) < 4.78 is 2.07. The zero-order valence-electron chi connectivity index (χ0n) is 21.8. The molecule has 1 amide bonds. The Morgan fingerprint density at radius 2 is 1.61 bits per heavy atom. The van der Waals surface area contributed by atoms with Gasteiger partial charge in [0, 0.05) is 39.7 Å². The van der Waals surface area contributed by atoms with Crippen molar-refractivity contribution in [3.8, 4) is 11.1 Å². The number of nitrogens with one attached hydrogen (secondary N) is 4. The van der Waals surface area contributed by atoms with E-state index in [9.17, 15) is 24.3 Å². The molecule has 7 N–H and O–H groups in total. The van der Waals surface area contributed by atoms with Crippen molar-refractivity contribution in [1.82, 2.24) is 14.7 Å². The van der Waals surface area contributed by atoms with Gasteiger partial charge in [0.1, 0.15) is 11.9 Å². The smallest absolute Gasteiger partial charge is 0.370 e. The molecule has 0 radical (unpaired) electrons. The Bertz CT molecular complexity index is 1420. The SMILES string of the molecule is CCc1cccc(CN)c1C(=O)N[C@@H](Cc1ccc(-c2c(NC)n(NC)c(=O)n(NC)c2=O)cc1)C(=O)O. The van der Waals surface area contributed by atoms with Crippen LogP contribution in [0.5, 0.6) is 0 Å². The summed E-state index contributed by atoms with van der Waals surface area (Å²) in [7, 11) is 4.61. The van der Waals surface area contributed by atoms with Gasteiger partial charge in [0.15, 0.2) is 0 Å². The molecule has 0 aliphatic heterocycles. The van der Waals surface area contributed by atoms with Crippen LogP contribution in [-0.2, 0) is 24.2 Å². The van der Waals surface area contributed by atoms with Crippen LogP contribution in [-0.4, -0.2) is 53.5 Å². The van der Waals surface area contributed by atoms with Crippen molar-refractivity contribution < 1.29 is 14.7 Å². The molecule has 1 aromatic heterocycles. The maximum atomic E-state index is 13.1. The van der Waals surface area contributed by atoms with Crippen LogP contribution in [0.2, 0.25) is 0 Å². The molecule has 0 saturated heterocycles. The van der Waals surface area contributed by atoms with E-state index in [1.54, 1.807) is 44.4 Å². The highest BCUT2D eigenvalue weighted by molar-refractivity contribution is 5.99. The largest absolute Gasteiger partial charge is 0.480 e. The van der Waals surface area contributed by atoms with E-state index in [0.29, 0.717) is 28.7 Å². The van der Waals surface area contributed by atoms with Gasteiger partial charge in [0.05, 0.1) is 5.56 Å². The van der Waals surface area contributed by atoms with Crippen LogP contribution in [0.15, 0.2) is 52.1 Å². The Morgan fingerprint density at radius 1 is 0.974 bits per heavy atom. The summed E-state index contributed by atoms with van der Waals surface area (Å²) in [5, 5.41) is 15.3. The lowest BCUT2D eigenvalue weighted by molar-refractivity contribution is -0.139. The van der Waals surface area contributed by atoms with Gasteiger partial charge in [-0.2, -0.15) is 9.35 Å². The number of benzene rings is 2. The first-order chi connectivity index (χ1) is 18.2. The molecule has 3 rings (SSSR count). The third-order valence-electron chi connectivity index (χ3n) is 6.29. The number of rotatable bonds is 11. The molecule has 0 spiro atoms. The average molecular weight is 524 g/mol. The maximum absolute atomic E-state index is 13.1. The van der Waals surface area contributed by atoms with Gasteiger partial charge in [0.2, 0.25) is 0 Å². The van der Waals surface area contributed by atoms with E-state index in [4.69, 9.17) is 5.73 Å². The van der Waals surface area contributed by atoms with Gasteiger partial charge in [0.25, 0.3) is 11.5 Å². The topological polar surface area (TPSA) is 173 Å². The molecule has 202 valence electrons. The Hall–Kier alpha value is -4.58. The first kappa shape index (κ1) is 28.0. The van der Waals surface area contributed by atoms with Crippen LogP contribution in [0.25, 0.3) is 11.1 Å². The minimum atomic E-state index is -1.19. The number of hydrogen-bond acceptors (Lipinski definition) is 8. The summed E-state index contributed by atoms with van der Waals surface area (Å²) in [6, 6.07) is 10.9. The van der Waals surface area contributed by atoms with Crippen molar-refractivity contribution in [2.24, 2.45) is 5.73 Å². The molecule has 0 aliphatic carbocycles. The molecular formula is C26H33N7O5. The number of aryl methyl sites for hydroxylation is 1. The lowest BCUT2D eigenvalue weighted by atomic mass is 9.97. The molecule has 12 heteroatoms. The third kappa shape index (κ3) is 5.39. The Morgan fingerprint density at radius 3 is 2.13 bits per heavy atom. The number of carboxylic acid groups (broad SMARTS) is 1. The minimum absolute atomic E-state index is 0.0171. The third-order valence-corrected chi connectivity index (χ3v) is 6.29. The molecule has 0 saturated carbocycles. The summed E-state index contributed by atoms with van der Waals surface area (Å²) in [6.07, 6.45) is 0.615. The first-order valence-corrected chi connectivity index (χ1v) is 12.1. The van der Waals surface area contributed by atoms with Crippen molar-refractivity contribution in [2.45, 2.75) is 32.4 Å². The highest BCUT2D eigenvalue weighted by Gasteiger charge is 2.24. The van der Waals surface area contributed by atoms with E-state index in [1.165, 1.54) is 11.7 Å². The van der Waals surface area contributed by atoms with Crippen LogP contribution in [0.3, 0.4) is 0 Å². The predicted molar refractivity (Wildman–Crippen MR) is 147 cm³/mol. The Balaban J connectivity index is 1.93. The predicted octanol–water partition coefficient (Wildman–Crippen LogP) is 0.512. The van der Waals surface area contributed by atoms with Crippen LogP contribution in [0, 0.1) is 0 Å². The molecule has 0 unspecified atom stereocenters. The minimum Gasteiger partial charge on any atom is -0.480 e. The van der Waals surface area contributed by atoms with E-state index in [0.717, 1.165) is 10.2 Å². The quantitative estimate of drug-likeness (QED) is 0.209. The first-order valence-electron chi connectivity index (χ1n) is 12.1. The fourth-order valence-electron chi connectivity index (χ4n) is 4.39. The number of hydrogen-bond donors (Lipinski definition) is 6. The molecule has 3 aromatic rings. The molecule has 38 heavy (non-hydrogen) atoms. The van der Waals surface area contributed by atoms with Gasteiger partial charge < -0.3 is 32.3 Å². The van der Waals surface area contributed by atoms with Gasteiger partial charge in [-0.15, -0.1) is 0 Å². The zero-order valence-corrected chi connectivity index (χ0v) is 21.8. The molecule has 1 heterocycles. The molecular weight excluding hydrogens is 490 g/mol. The number of aromatic nitrogens is 2. The number of nitrogens with two attached hydrogens (primary N) is 1. The standard InChI is InChI=1S/C26H33N7O5/c1-5-16-7-6-8-18(14-27)20(16)23(34)31-19(25(36)37)13-15-9-11-17(12-10-15)21-22(28-2)32(29-3)26(38)33(30-4)24(21)35/h6-12,19,28-30H,5,13-14,27H2,1-4H3,(H,31,34)(H,36,37)/t19-/m0/s1. The highest BCUT2D eigenvalue weighted by Crippen LogP contribution is 2.24. The molecule has 0 bridgehead atoms.